The zero-order valence-electron chi connectivity index (χ0n) is 31.0. The maximum Gasteiger partial charge on any atom is 0.338 e. The second-order valence-corrected chi connectivity index (χ2v) is 11.3. The molecule has 1 atom stereocenters. The van der Waals surface area contributed by atoms with Crippen molar-refractivity contribution in [1.82, 2.24) is 0 Å². The fraction of sp³-hybridized carbons (Fsp3) is 0.784. The zero-order valence-corrected chi connectivity index (χ0v) is 31.0. The van der Waals surface area contributed by atoms with Gasteiger partial charge in [-0.3, -0.25) is 4.79 Å². The molecular formula is C37H65NO12. The molecule has 0 amide bonds. The molecule has 0 bridgehead atoms. The largest absolute Gasteiger partial charge is 0.463 e. The highest BCUT2D eigenvalue weighted by molar-refractivity contribution is 5.89. The topological polar surface area (TPSA) is 138 Å². The van der Waals surface area contributed by atoms with E-state index in [9.17, 15) is 9.59 Å². The van der Waals surface area contributed by atoms with Crippen LogP contribution in [0.5, 0.6) is 0 Å². The maximum absolute atomic E-state index is 12.1. The van der Waals surface area contributed by atoms with E-state index in [0.29, 0.717) is 111 Å². The summed E-state index contributed by atoms with van der Waals surface area (Å²) in [6.07, 6.45) is 6.06. The lowest BCUT2D eigenvalue weighted by atomic mass is 10.00. The Kier molecular flexibility index (Phi) is 32.0. The molecule has 1 N–H and O–H groups in total. The molecule has 1 aromatic rings. The van der Waals surface area contributed by atoms with Crippen LogP contribution in [0.4, 0.5) is 5.69 Å². The predicted molar refractivity (Wildman–Crippen MR) is 191 cm³/mol. The highest BCUT2D eigenvalue weighted by Gasteiger charge is 2.17. The first kappa shape index (κ1) is 45.7. The summed E-state index contributed by atoms with van der Waals surface area (Å²) in [5.74, 6) is -0.495. The van der Waals surface area contributed by atoms with Crippen LogP contribution in [0.15, 0.2) is 24.3 Å². The van der Waals surface area contributed by atoms with Crippen LogP contribution in [0.2, 0.25) is 0 Å². The number of carbonyl (C=O) groups excluding carboxylic acids is 2. The lowest BCUT2D eigenvalue weighted by Crippen LogP contribution is -2.20. The van der Waals surface area contributed by atoms with Crippen molar-refractivity contribution < 1.29 is 57.0 Å². The fourth-order valence-corrected chi connectivity index (χ4v) is 4.31. The number of esters is 2. The van der Waals surface area contributed by atoms with Crippen LogP contribution in [-0.4, -0.2) is 137 Å². The molecule has 1 unspecified atom stereocenters. The molecule has 290 valence electrons. The van der Waals surface area contributed by atoms with Crippen molar-refractivity contribution in [2.75, 3.05) is 131 Å². The highest BCUT2D eigenvalue weighted by Crippen LogP contribution is 2.14. The number of hydrogen-bond donors (Lipinski definition) is 1. The van der Waals surface area contributed by atoms with Gasteiger partial charge in [-0.05, 0) is 43.5 Å². The standard InChI is InChI=1S/C37H65NO12/c1-4-7-9-33(6-3)36(39)49-31-29-47-27-25-45-23-21-43-19-17-41-15-16-42-18-20-44-22-24-46-26-28-48-30-32-50-37(40)34-10-12-35(13-11-34)38-14-8-5-2/h10-13,33,38H,4-9,14-32H2,1-3H3. The molecule has 0 aromatic heterocycles. The SMILES string of the molecule is CCCCNc1ccc(C(=O)OCCOCCOCCOCCOCCOCCOCCOCCOCCOC(=O)C(CC)CCCC)cc1. The van der Waals surface area contributed by atoms with Crippen molar-refractivity contribution in [3.05, 3.63) is 29.8 Å². The summed E-state index contributed by atoms with van der Waals surface area (Å²) < 4.78 is 54.3. The minimum Gasteiger partial charge on any atom is -0.463 e. The van der Waals surface area contributed by atoms with Crippen LogP contribution in [0, 0.1) is 5.92 Å². The molecule has 0 aliphatic carbocycles. The van der Waals surface area contributed by atoms with Gasteiger partial charge in [0.2, 0.25) is 0 Å². The minimum atomic E-state index is -0.363. The Morgan fingerprint density at radius 2 is 0.900 bits per heavy atom. The lowest BCUT2D eigenvalue weighted by Gasteiger charge is -2.13. The summed E-state index contributed by atoms with van der Waals surface area (Å²) >= 11 is 0. The first-order chi connectivity index (χ1) is 24.6. The molecular weight excluding hydrogens is 650 g/mol. The van der Waals surface area contributed by atoms with Crippen LogP contribution < -0.4 is 5.32 Å². The number of benzene rings is 1. The first-order valence-corrected chi connectivity index (χ1v) is 18.4. The van der Waals surface area contributed by atoms with Crippen molar-refractivity contribution >= 4 is 17.6 Å². The fourth-order valence-electron chi connectivity index (χ4n) is 4.31. The van der Waals surface area contributed by atoms with E-state index in [2.05, 4.69) is 19.2 Å². The average molecular weight is 716 g/mol. The van der Waals surface area contributed by atoms with Crippen molar-refractivity contribution in [1.29, 1.82) is 0 Å². The molecule has 0 saturated carbocycles. The van der Waals surface area contributed by atoms with E-state index in [1.54, 1.807) is 12.1 Å². The number of nitrogens with one attached hydrogen (secondary N) is 1. The van der Waals surface area contributed by atoms with E-state index in [-0.39, 0.29) is 31.1 Å². The van der Waals surface area contributed by atoms with E-state index in [4.69, 9.17) is 47.4 Å². The van der Waals surface area contributed by atoms with E-state index in [0.717, 1.165) is 50.8 Å². The van der Waals surface area contributed by atoms with Crippen molar-refractivity contribution in [3.63, 3.8) is 0 Å². The Hall–Kier alpha value is -2.36. The molecule has 13 heteroatoms. The van der Waals surface area contributed by atoms with Gasteiger partial charge in [0, 0.05) is 12.2 Å². The number of rotatable bonds is 37. The molecule has 1 aromatic carbocycles. The predicted octanol–water partition coefficient (Wildman–Crippen LogP) is 4.95. The Labute approximate surface area is 300 Å². The third-order valence-electron chi connectivity index (χ3n) is 7.25. The molecule has 0 aliphatic heterocycles. The molecule has 50 heavy (non-hydrogen) atoms. The van der Waals surface area contributed by atoms with Gasteiger partial charge in [-0.15, -0.1) is 0 Å². The molecule has 0 heterocycles. The smallest absolute Gasteiger partial charge is 0.338 e. The van der Waals surface area contributed by atoms with Gasteiger partial charge in [-0.25, -0.2) is 4.79 Å². The third-order valence-corrected chi connectivity index (χ3v) is 7.25. The Morgan fingerprint density at radius 3 is 1.28 bits per heavy atom. The second kappa shape index (κ2) is 35.1. The highest BCUT2D eigenvalue weighted by atomic mass is 16.6. The second-order valence-electron chi connectivity index (χ2n) is 11.3. The lowest BCUT2D eigenvalue weighted by molar-refractivity contribution is -0.150. The van der Waals surface area contributed by atoms with Crippen molar-refractivity contribution in [2.45, 2.75) is 59.3 Å². The van der Waals surface area contributed by atoms with Gasteiger partial charge in [0.25, 0.3) is 0 Å². The number of anilines is 1. The molecule has 0 fully saturated rings. The maximum atomic E-state index is 12.1. The molecule has 0 radical (unpaired) electrons. The molecule has 0 aliphatic rings. The number of unbranched alkanes of at least 4 members (excludes halogenated alkanes) is 2. The average Bonchev–Trinajstić information content (AvgIpc) is 3.13. The Balaban J connectivity index is 1.74. The summed E-state index contributed by atoms with van der Waals surface area (Å²) in [5, 5.41) is 3.32. The zero-order chi connectivity index (χ0) is 36.2. The summed E-state index contributed by atoms with van der Waals surface area (Å²) in [6, 6.07) is 7.28. The van der Waals surface area contributed by atoms with E-state index >= 15 is 0 Å². The van der Waals surface area contributed by atoms with Gasteiger partial charge in [0.1, 0.15) is 13.2 Å². The number of ether oxygens (including phenoxy) is 10. The van der Waals surface area contributed by atoms with Crippen LogP contribution in [0.3, 0.4) is 0 Å². The summed E-state index contributed by atoms with van der Waals surface area (Å²) in [4.78, 5) is 24.2. The van der Waals surface area contributed by atoms with Crippen molar-refractivity contribution in [2.24, 2.45) is 5.92 Å². The first-order valence-electron chi connectivity index (χ1n) is 18.4. The van der Waals surface area contributed by atoms with Gasteiger partial charge in [0.15, 0.2) is 0 Å². The van der Waals surface area contributed by atoms with Crippen LogP contribution >= 0.6 is 0 Å². The monoisotopic (exact) mass is 715 g/mol. The molecule has 1 rings (SSSR count). The van der Waals surface area contributed by atoms with Crippen molar-refractivity contribution in [3.8, 4) is 0 Å². The van der Waals surface area contributed by atoms with Gasteiger partial charge >= 0.3 is 11.9 Å². The van der Waals surface area contributed by atoms with E-state index in [1.165, 1.54) is 0 Å². The number of carbonyl (C=O) groups is 2. The van der Waals surface area contributed by atoms with Gasteiger partial charge in [0.05, 0.1) is 117 Å². The Morgan fingerprint density at radius 1 is 0.520 bits per heavy atom. The minimum absolute atomic E-state index is 0.00791. The quantitative estimate of drug-likeness (QED) is 0.0736. The van der Waals surface area contributed by atoms with Gasteiger partial charge < -0.3 is 52.7 Å². The Bertz CT molecular complexity index is 905. The van der Waals surface area contributed by atoms with Crippen LogP contribution in [0.25, 0.3) is 0 Å². The molecule has 0 saturated heterocycles. The van der Waals surface area contributed by atoms with Crippen LogP contribution in [0.1, 0.15) is 69.7 Å². The van der Waals surface area contributed by atoms with E-state index < -0.39 is 0 Å². The normalized spacial score (nSPS) is 11.8. The van der Waals surface area contributed by atoms with E-state index in [1.807, 2.05) is 19.1 Å². The summed E-state index contributed by atoms with van der Waals surface area (Å²) in [6.45, 7) is 14.9. The molecule has 0 spiro atoms. The summed E-state index contributed by atoms with van der Waals surface area (Å²) in [7, 11) is 0. The number of hydrogen-bond acceptors (Lipinski definition) is 13. The van der Waals surface area contributed by atoms with Crippen LogP contribution in [-0.2, 0) is 52.2 Å². The van der Waals surface area contributed by atoms with Gasteiger partial charge in [-0.2, -0.15) is 0 Å². The molecule has 13 nitrogen and oxygen atoms in total. The third kappa shape index (κ3) is 27.4. The summed E-state index contributed by atoms with van der Waals surface area (Å²) in [5.41, 5.74) is 1.51. The van der Waals surface area contributed by atoms with Gasteiger partial charge in [-0.1, -0.05) is 40.0 Å².